The molecule has 0 saturated heterocycles. The van der Waals surface area contributed by atoms with Crippen LogP contribution in [0.2, 0.25) is 0 Å². The summed E-state index contributed by atoms with van der Waals surface area (Å²) in [7, 11) is 1.76. The van der Waals surface area contributed by atoms with Crippen LogP contribution in [0.1, 0.15) is 32.2 Å². The first-order valence-electron chi connectivity index (χ1n) is 6.72. The first-order valence-corrected chi connectivity index (χ1v) is 6.72. The first-order chi connectivity index (χ1) is 9.36. The van der Waals surface area contributed by atoms with E-state index in [9.17, 15) is 9.59 Å². The normalized spacial score (nSPS) is 16.8. The molecule has 0 spiro atoms. The van der Waals surface area contributed by atoms with Crippen LogP contribution in [-0.2, 0) is 16.6 Å². The molecule has 2 aromatic rings. The number of hydrogen-bond acceptors (Lipinski definition) is 3. The topological polar surface area (TPSA) is 66.1 Å². The van der Waals surface area contributed by atoms with Crippen molar-refractivity contribution >= 4 is 22.5 Å². The molecule has 1 aromatic heterocycles. The fraction of sp³-hybridized carbons (Fsp3) is 0.400. The summed E-state index contributed by atoms with van der Waals surface area (Å²) >= 11 is 0. The van der Waals surface area contributed by atoms with E-state index >= 15 is 0 Å². The number of carbonyl (C=O) groups excluding carboxylic acids is 1. The third kappa shape index (κ3) is 1.52. The van der Waals surface area contributed by atoms with Gasteiger partial charge in [-0.25, -0.2) is 4.98 Å². The van der Waals surface area contributed by atoms with Gasteiger partial charge < -0.3 is 9.88 Å². The van der Waals surface area contributed by atoms with Gasteiger partial charge in [0.05, 0.1) is 16.3 Å². The molecule has 0 radical (unpaired) electrons. The van der Waals surface area contributed by atoms with Crippen molar-refractivity contribution in [3.63, 3.8) is 0 Å². The Bertz CT molecular complexity index is 790. The van der Waals surface area contributed by atoms with Crippen LogP contribution in [0.3, 0.4) is 0 Å². The lowest BCUT2D eigenvalue weighted by Crippen LogP contribution is -2.33. The Morgan fingerprint density at radius 3 is 2.65 bits per heavy atom. The van der Waals surface area contributed by atoms with Crippen LogP contribution in [0.4, 0.5) is 5.69 Å². The first kappa shape index (κ1) is 12.8. The summed E-state index contributed by atoms with van der Waals surface area (Å²) in [5.41, 5.74) is 1.62. The van der Waals surface area contributed by atoms with Crippen LogP contribution < -0.4 is 10.5 Å². The molecule has 0 bridgehead atoms. The van der Waals surface area contributed by atoms with Crippen LogP contribution >= 0.6 is 0 Å². The monoisotopic (exact) mass is 271 g/mol. The van der Waals surface area contributed by atoms with Crippen molar-refractivity contribution < 1.29 is 4.79 Å². The number of benzene rings is 1. The maximum absolute atomic E-state index is 12.3. The van der Waals surface area contributed by atoms with Crippen molar-refractivity contribution in [3.05, 3.63) is 33.9 Å². The summed E-state index contributed by atoms with van der Waals surface area (Å²) in [6.07, 6.45) is 0.669. The summed E-state index contributed by atoms with van der Waals surface area (Å²) in [5, 5.41) is 0.539. The van der Waals surface area contributed by atoms with Crippen molar-refractivity contribution in [2.24, 2.45) is 0 Å². The number of hydrogen-bond donors (Lipinski definition) is 1. The Labute approximate surface area is 116 Å². The van der Waals surface area contributed by atoms with E-state index in [1.807, 2.05) is 26.8 Å². The molecule has 5 heteroatoms. The van der Waals surface area contributed by atoms with Crippen molar-refractivity contribution in [2.75, 3.05) is 11.9 Å². The molecule has 20 heavy (non-hydrogen) atoms. The highest BCUT2D eigenvalue weighted by Gasteiger charge is 2.42. The van der Waals surface area contributed by atoms with Crippen molar-refractivity contribution in [1.82, 2.24) is 9.97 Å². The van der Waals surface area contributed by atoms with Crippen molar-refractivity contribution in [1.29, 1.82) is 0 Å². The average Bonchev–Trinajstić information content (AvgIpc) is 2.58. The second kappa shape index (κ2) is 3.91. The second-order valence-corrected chi connectivity index (χ2v) is 5.74. The minimum absolute atomic E-state index is 0.0370. The van der Waals surface area contributed by atoms with E-state index in [1.165, 1.54) is 0 Å². The van der Waals surface area contributed by atoms with Gasteiger partial charge in [-0.2, -0.15) is 0 Å². The summed E-state index contributed by atoms with van der Waals surface area (Å²) in [6.45, 7) is 5.70. The Balaban J connectivity index is 2.39. The summed E-state index contributed by atoms with van der Waals surface area (Å²) < 4.78 is 0. The van der Waals surface area contributed by atoms with Gasteiger partial charge in [-0.3, -0.25) is 9.59 Å². The number of fused-ring (bicyclic) bond motifs is 2. The zero-order valence-electron chi connectivity index (χ0n) is 12.1. The standard InChI is InChI=1S/C15H17N3O2/c1-5-12-16-10-7-11-9(6-8(10)13(19)17-12)15(2,3)14(20)18(11)4/h6-7H,5H2,1-4H3,(H,16,17,19). The van der Waals surface area contributed by atoms with Crippen LogP contribution in [-0.4, -0.2) is 22.9 Å². The predicted molar refractivity (Wildman–Crippen MR) is 78.2 cm³/mol. The Kier molecular flexibility index (Phi) is 2.51. The fourth-order valence-corrected chi connectivity index (χ4v) is 2.81. The number of aryl methyl sites for hydroxylation is 1. The number of likely N-dealkylation sites (N-methyl/N-ethyl adjacent to an activating group) is 1. The molecule has 0 unspecified atom stereocenters. The van der Waals surface area contributed by atoms with Crippen LogP contribution in [0.15, 0.2) is 16.9 Å². The third-order valence-corrected chi connectivity index (χ3v) is 4.08. The van der Waals surface area contributed by atoms with E-state index in [-0.39, 0.29) is 11.5 Å². The number of anilines is 1. The highest BCUT2D eigenvalue weighted by molar-refractivity contribution is 6.09. The van der Waals surface area contributed by atoms with Gasteiger partial charge in [-0.15, -0.1) is 0 Å². The highest BCUT2D eigenvalue weighted by Crippen LogP contribution is 2.41. The van der Waals surface area contributed by atoms with E-state index < -0.39 is 5.41 Å². The van der Waals surface area contributed by atoms with E-state index in [1.54, 1.807) is 18.0 Å². The van der Waals surface area contributed by atoms with Gasteiger partial charge in [-0.05, 0) is 31.5 Å². The lowest BCUT2D eigenvalue weighted by Gasteiger charge is -2.16. The molecule has 0 saturated carbocycles. The lowest BCUT2D eigenvalue weighted by atomic mass is 9.85. The summed E-state index contributed by atoms with van der Waals surface area (Å²) in [6, 6.07) is 3.64. The molecular formula is C15H17N3O2. The van der Waals surface area contributed by atoms with Gasteiger partial charge in [0, 0.05) is 19.2 Å². The molecular weight excluding hydrogens is 254 g/mol. The summed E-state index contributed by atoms with van der Waals surface area (Å²) in [5.74, 6) is 0.698. The van der Waals surface area contributed by atoms with Crippen LogP contribution in [0, 0.1) is 0 Å². The number of amides is 1. The zero-order valence-corrected chi connectivity index (χ0v) is 12.1. The van der Waals surface area contributed by atoms with Crippen LogP contribution in [0.25, 0.3) is 10.9 Å². The summed E-state index contributed by atoms with van der Waals surface area (Å²) in [4.78, 5) is 33.3. The van der Waals surface area contributed by atoms with E-state index in [0.717, 1.165) is 11.3 Å². The minimum atomic E-state index is -0.603. The molecule has 1 aliphatic rings. The van der Waals surface area contributed by atoms with Gasteiger partial charge >= 0.3 is 0 Å². The molecule has 0 fully saturated rings. The smallest absolute Gasteiger partial charge is 0.258 e. The van der Waals surface area contributed by atoms with Crippen LogP contribution in [0.5, 0.6) is 0 Å². The zero-order chi connectivity index (χ0) is 14.7. The van der Waals surface area contributed by atoms with Gasteiger partial charge in [-0.1, -0.05) is 6.92 Å². The predicted octanol–water partition coefficient (Wildman–Crippen LogP) is 1.74. The number of H-pyrrole nitrogens is 1. The lowest BCUT2D eigenvalue weighted by molar-refractivity contribution is -0.121. The molecule has 5 nitrogen and oxygen atoms in total. The molecule has 1 aromatic carbocycles. The third-order valence-electron chi connectivity index (χ3n) is 4.08. The maximum atomic E-state index is 12.3. The highest BCUT2D eigenvalue weighted by atomic mass is 16.2. The van der Waals surface area contributed by atoms with Crippen molar-refractivity contribution in [2.45, 2.75) is 32.6 Å². The van der Waals surface area contributed by atoms with Gasteiger partial charge in [0.15, 0.2) is 0 Å². The Morgan fingerprint density at radius 2 is 2.00 bits per heavy atom. The SMILES string of the molecule is CCc1nc2cc3c(cc2c(=O)[nH]1)C(C)(C)C(=O)N3C. The molecule has 1 amide bonds. The molecule has 0 atom stereocenters. The second-order valence-electron chi connectivity index (χ2n) is 5.74. The van der Waals surface area contributed by atoms with E-state index in [0.29, 0.717) is 23.1 Å². The van der Waals surface area contributed by atoms with E-state index in [2.05, 4.69) is 9.97 Å². The number of nitrogens with zero attached hydrogens (tertiary/aromatic N) is 2. The molecule has 2 heterocycles. The molecule has 1 aliphatic heterocycles. The number of carbonyl (C=O) groups is 1. The minimum Gasteiger partial charge on any atom is -0.314 e. The van der Waals surface area contributed by atoms with E-state index in [4.69, 9.17) is 0 Å². The average molecular weight is 271 g/mol. The maximum Gasteiger partial charge on any atom is 0.258 e. The van der Waals surface area contributed by atoms with Gasteiger partial charge in [0.2, 0.25) is 5.91 Å². The molecule has 3 rings (SSSR count). The number of nitrogens with one attached hydrogen (secondary N) is 1. The molecule has 1 N–H and O–H groups in total. The van der Waals surface area contributed by atoms with Gasteiger partial charge in [0.25, 0.3) is 5.56 Å². The van der Waals surface area contributed by atoms with Crippen molar-refractivity contribution in [3.8, 4) is 0 Å². The largest absolute Gasteiger partial charge is 0.314 e. The number of aromatic amines is 1. The molecule has 104 valence electrons. The fourth-order valence-electron chi connectivity index (χ4n) is 2.81. The van der Waals surface area contributed by atoms with Gasteiger partial charge in [0.1, 0.15) is 5.82 Å². The number of rotatable bonds is 1. The quantitative estimate of drug-likeness (QED) is 0.859. The molecule has 0 aliphatic carbocycles. The Hall–Kier alpha value is -2.17. The Morgan fingerprint density at radius 1 is 1.30 bits per heavy atom. The number of aromatic nitrogens is 2.